The van der Waals surface area contributed by atoms with Gasteiger partial charge in [0.25, 0.3) is 5.91 Å². The van der Waals surface area contributed by atoms with Crippen molar-refractivity contribution in [2.75, 3.05) is 11.6 Å². The number of rotatable bonds is 4. The van der Waals surface area contributed by atoms with Crippen LogP contribution in [0.2, 0.25) is 5.02 Å². The van der Waals surface area contributed by atoms with Crippen molar-refractivity contribution in [1.82, 2.24) is 10.2 Å². The number of nitrogens with zero attached hydrogens (tertiary/aromatic N) is 2. The summed E-state index contributed by atoms with van der Waals surface area (Å²) in [7, 11) is -3.54. The molecule has 0 radical (unpaired) electrons. The first kappa shape index (κ1) is 17.1. The van der Waals surface area contributed by atoms with Gasteiger partial charge in [-0.05, 0) is 36.4 Å². The van der Waals surface area contributed by atoms with Crippen molar-refractivity contribution in [1.29, 1.82) is 0 Å². The number of nitrogens with one attached hydrogen (secondary N) is 1. The third-order valence-electron chi connectivity index (χ3n) is 3.32. The van der Waals surface area contributed by atoms with E-state index in [2.05, 4.69) is 15.5 Å². The molecule has 0 aliphatic rings. The minimum Gasteiger partial charge on any atom is -0.423 e. The summed E-state index contributed by atoms with van der Waals surface area (Å²) in [4.78, 5) is 12.3. The minimum absolute atomic E-state index is 0.0671. The fraction of sp³-hybridized carbons (Fsp3) is 0.0625. The molecule has 0 spiro atoms. The number of halogens is 1. The molecule has 7 nitrogen and oxygen atoms in total. The molecule has 1 heterocycles. The highest BCUT2D eigenvalue weighted by Gasteiger charge is 2.16. The molecule has 2 aromatic carbocycles. The Morgan fingerprint density at radius 2 is 2.00 bits per heavy atom. The van der Waals surface area contributed by atoms with Gasteiger partial charge in [0, 0.05) is 23.1 Å². The van der Waals surface area contributed by atoms with Crippen molar-refractivity contribution in [2.24, 2.45) is 0 Å². The van der Waals surface area contributed by atoms with Crippen LogP contribution in [0.3, 0.4) is 0 Å². The molecule has 0 bridgehead atoms. The first-order chi connectivity index (χ1) is 11.8. The van der Waals surface area contributed by atoms with Crippen LogP contribution in [0, 0.1) is 0 Å². The van der Waals surface area contributed by atoms with Gasteiger partial charge in [0.1, 0.15) is 0 Å². The molecule has 0 fully saturated rings. The number of anilines is 1. The van der Waals surface area contributed by atoms with E-state index in [9.17, 15) is 13.2 Å². The van der Waals surface area contributed by atoms with E-state index in [4.69, 9.17) is 16.0 Å². The normalized spacial score (nSPS) is 11.3. The van der Waals surface area contributed by atoms with E-state index < -0.39 is 15.7 Å². The molecule has 0 saturated heterocycles. The van der Waals surface area contributed by atoms with E-state index >= 15 is 0 Å². The standard InChI is InChI=1S/C16H12ClN3O4S/c1-25(22,23)14-8-10(5-6-13(14)17)15(21)19-12-4-2-3-11(7-12)16-20-18-9-24-16/h2-9H,1H3,(H,19,21). The van der Waals surface area contributed by atoms with Gasteiger partial charge in [-0.3, -0.25) is 4.79 Å². The zero-order valence-electron chi connectivity index (χ0n) is 12.9. The van der Waals surface area contributed by atoms with E-state index in [0.717, 1.165) is 6.26 Å². The summed E-state index contributed by atoms with van der Waals surface area (Å²) in [6.07, 6.45) is 2.24. The number of benzene rings is 2. The van der Waals surface area contributed by atoms with Gasteiger partial charge in [-0.1, -0.05) is 17.7 Å². The number of carbonyl (C=O) groups is 1. The van der Waals surface area contributed by atoms with Crippen LogP contribution in [0.5, 0.6) is 0 Å². The van der Waals surface area contributed by atoms with Crippen molar-refractivity contribution in [2.45, 2.75) is 4.90 Å². The summed E-state index contributed by atoms with van der Waals surface area (Å²) >= 11 is 5.89. The zero-order valence-corrected chi connectivity index (χ0v) is 14.5. The van der Waals surface area contributed by atoms with E-state index in [-0.39, 0.29) is 15.5 Å². The van der Waals surface area contributed by atoms with Crippen molar-refractivity contribution in [3.63, 3.8) is 0 Å². The lowest BCUT2D eigenvalue weighted by molar-refractivity contribution is 0.102. The molecule has 0 aliphatic carbocycles. The SMILES string of the molecule is CS(=O)(=O)c1cc(C(=O)Nc2cccc(-c3nnco3)c2)ccc1Cl. The van der Waals surface area contributed by atoms with E-state index in [1.54, 1.807) is 24.3 Å². The molecule has 1 amide bonds. The number of amides is 1. The lowest BCUT2D eigenvalue weighted by Crippen LogP contribution is -2.13. The average Bonchev–Trinajstić information content (AvgIpc) is 3.09. The molecule has 3 aromatic rings. The number of sulfone groups is 1. The number of carbonyl (C=O) groups excluding carboxylic acids is 1. The second-order valence-corrected chi connectivity index (χ2v) is 7.59. The third kappa shape index (κ3) is 3.86. The highest BCUT2D eigenvalue weighted by Crippen LogP contribution is 2.24. The van der Waals surface area contributed by atoms with Crippen LogP contribution in [-0.4, -0.2) is 30.8 Å². The summed E-state index contributed by atoms with van der Waals surface area (Å²) in [6, 6.07) is 10.9. The highest BCUT2D eigenvalue weighted by atomic mass is 35.5. The molecule has 0 saturated carbocycles. The van der Waals surface area contributed by atoms with Gasteiger partial charge < -0.3 is 9.73 Å². The van der Waals surface area contributed by atoms with Gasteiger partial charge in [0.2, 0.25) is 12.3 Å². The Morgan fingerprint density at radius 3 is 2.68 bits per heavy atom. The van der Waals surface area contributed by atoms with Gasteiger partial charge in [-0.2, -0.15) is 0 Å². The molecule has 1 N–H and O–H groups in total. The van der Waals surface area contributed by atoms with Crippen molar-refractivity contribution in [3.05, 3.63) is 59.4 Å². The quantitative estimate of drug-likeness (QED) is 0.749. The third-order valence-corrected chi connectivity index (χ3v) is 4.90. The first-order valence-electron chi connectivity index (χ1n) is 7.02. The predicted octanol–water partition coefficient (Wildman–Crippen LogP) is 3.05. The van der Waals surface area contributed by atoms with Crippen LogP contribution in [0.25, 0.3) is 11.5 Å². The Labute approximate surface area is 148 Å². The van der Waals surface area contributed by atoms with Crippen LogP contribution in [0.4, 0.5) is 5.69 Å². The number of aromatic nitrogens is 2. The van der Waals surface area contributed by atoms with Crippen molar-refractivity contribution >= 4 is 33.0 Å². The molecule has 3 rings (SSSR count). The topological polar surface area (TPSA) is 102 Å². The second-order valence-electron chi connectivity index (χ2n) is 5.20. The first-order valence-corrected chi connectivity index (χ1v) is 9.29. The van der Waals surface area contributed by atoms with Crippen LogP contribution in [0.1, 0.15) is 10.4 Å². The number of hydrogen-bond donors (Lipinski definition) is 1. The summed E-state index contributed by atoms with van der Waals surface area (Å²) in [6.45, 7) is 0. The van der Waals surface area contributed by atoms with Gasteiger partial charge in [-0.25, -0.2) is 8.42 Å². The predicted molar refractivity (Wildman–Crippen MR) is 92.2 cm³/mol. The van der Waals surface area contributed by atoms with Crippen LogP contribution < -0.4 is 5.32 Å². The lowest BCUT2D eigenvalue weighted by atomic mass is 10.1. The smallest absolute Gasteiger partial charge is 0.255 e. The molecule has 1 aromatic heterocycles. The van der Waals surface area contributed by atoms with Gasteiger partial charge >= 0.3 is 0 Å². The Kier molecular flexibility index (Phi) is 4.56. The van der Waals surface area contributed by atoms with Gasteiger partial charge in [0.15, 0.2) is 9.84 Å². The molecule has 0 unspecified atom stereocenters. The maximum Gasteiger partial charge on any atom is 0.255 e. The Morgan fingerprint density at radius 1 is 1.20 bits per heavy atom. The average molecular weight is 378 g/mol. The molecule has 0 atom stereocenters. The number of hydrogen-bond acceptors (Lipinski definition) is 6. The second kappa shape index (κ2) is 6.66. The van der Waals surface area contributed by atoms with Crippen LogP contribution in [0.15, 0.2) is 58.2 Å². The highest BCUT2D eigenvalue weighted by molar-refractivity contribution is 7.90. The van der Waals surface area contributed by atoms with Crippen molar-refractivity contribution < 1.29 is 17.6 Å². The van der Waals surface area contributed by atoms with E-state index in [1.807, 2.05) is 0 Å². The molecular weight excluding hydrogens is 366 g/mol. The molecule has 0 aliphatic heterocycles. The molecular formula is C16H12ClN3O4S. The van der Waals surface area contributed by atoms with Gasteiger partial charge in [0.05, 0.1) is 9.92 Å². The fourth-order valence-electron chi connectivity index (χ4n) is 2.16. The summed E-state index contributed by atoms with van der Waals surface area (Å²) in [5.41, 5.74) is 1.31. The lowest BCUT2D eigenvalue weighted by Gasteiger charge is -2.08. The summed E-state index contributed by atoms with van der Waals surface area (Å²) in [5.74, 6) is -0.147. The molecule has 9 heteroatoms. The monoisotopic (exact) mass is 377 g/mol. The Bertz CT molecular complexity index is 1030. The minimum atomic E-state index is -3.54. The summed E-state index contributed by atoms with van der Waals surface area (Å²) in [5, 5.41) is 10.2. The van der Waals surface area contributed by atoms with E-state index in [1.165, 1.54) is 24.6 Å². The largest absolute Gasteiger partial charge is 0.423 e. The molecule has 25 heavy (non-hydrogen) atoms. The fourth-order valence-corrected chi connectivity index (χ4v) is 3.46. The van der Waals surface area contributed by atoms with Crippen LogP contribution in [-0.2, 0) is 9.84 Å². The van der Waals surface area contributed by atoms with Gasteiger partial charge in [-0.15, -0.1) is 10.2 Å². The Hall–Kier alpha value is -2.71. The van der Waals surface area contributed by atoms with Crippen molar-refractivity contribution in [3.8, 4) is 11.5 Å². The summed E-state index contributed by atoms with van der Waals surface area (Å²) < 4.78 is 28.6. The van der Waals surface area contributed by atoms with E-state index in [0.29, 0.717) is 17.1 Å². The van der Waals surface area contributed by atoms with Crippen LogP contribution >= 0.6 is 11.6 Å². The maximum atomic E-state index is 12.4. The zero-order chi connectivity index (χ0) is 18.0. The maximum absolute atomic E-state index is 12.4. The molecule has 128 valence electrons. The Balaban J connectivity index is 1.87.